The van der Waals surface area contributed by atoms with Crippen LogP contribution in [0.4, 0.5) is 5.69 Å². The Morgan fingerprint density at radius 2 is 1.70 bits per heavy atom. The van der Waals surface area contributed by atoms with Crippen molar-refractivity contribution in [3.05, 3.63) is 106 Å². The van der Waals surface area contributed by atoms with E-state index in [0.29, 0.717) is 16.5 Å². The highest BCUT2D eigenvalue weighted by molar-refractivity contribution is 9.10. The predicted octanol–water partition coefficient (Wildman–Crippen LogP) is 7.06. The maximum absolute atomic E-state index is 13.1. The van der Waals surface area contributed by atoms with Crippen molar-refractivity contribution in [1.29, 1.82) is 0 Å². The summed E-state index contributed by atoms with van der Waals surface area (Å²) in [5.74, 6) is 0.226. The highest BCUT2D eigenvalue weighted by Crippen LogP contribution is 2.26. The van der Waals surface area contributed by atoms with Crippen LogP contribution >= 0.6 is 27.5 Å². The van der Waals surface area contributed by atoms with Crippen LogP contribution in [0.1, 0.15) is 16.2 Å². The number of nitrogens with zero attached hydrogens (tertiary/aromatic N) is 3. The van der Waals surface area contributed by atoms with Gasteiger partial charge in [0.25, 0.3) is 5.91 Å². The number of hydrogen-bond donors (Lipinski definition) is 1. The van der Waals surface area contributed by atoms with Gasteiger partial charge in [-0.25, -0.2) is 9.67 Å². The second-order valence-electron chi connectivity index (χ2n) is 7.63. The number of rotatable bonds is 4. The Morgan fingerprint density at radius 3 is 2.45 bits per heavy atom. The van der Waals surface area contributed by atoms with Crippen LogP contribution in [0.15, 0.2) is 89.4 Å². The fourth-order valence-corrected chi connectivity index (χ4v) is 3.98. The third kappa shape index (κ3) is 4.40. The molecule has 0 aliphatic carbocycles. The Hall–Kier alpha value is -3.48. The minimum Gasteiger partial charge on any atom is -0.319 e. The fourth-order valence-electron chi connectivity index (χ4n) is 3.54. The van der Waals surface area contributed by atoms with Gasteiger partial charge in [0.1, 0.15) is 0 Å². The molecule has 0 aliphatic heterocycles. The Balaban J connectivity index is 1.54. The van der Waals surface area contributed by atoms with Gasteiger partial charge in [-0.05, 0) is 59.7 Å². The molecule has 162 valence electrons. The van der Waals surface area contributed by atoms with E-state index in [1.165, 1.54) is 0 Å². The lowest BCUT2D eigenvalue weighted by atomic mass is 10.1. The number of carbonyl (C=O) groups excluding carboxylic acids is 1. The first-order valence-electron chi connectivity index (χ1n) is 10.3. The molecule has 0 unspecified atom stereocenters. The molecule has 1 aromatic heterocycles. The molecule has 1 amide bonds. The highest BCUT2D eigenvalue weighted by atomic mass is 79.9. The largest absolute Gasteiger partial charge is 0.319 e. The molecule has 0 saturated carbocycles. The summed E-state index contributed by atoms with van der Waals surface area (Å²) >= 11 is 9.82. The summed E-state index contributed by atoms with van der Waals surface area (Å²) < 4.78 is 2.59. The number of hydrogen-bond acceptors (Lipinski definition) is 3. The van der Waals surface area contributed by atoms with Crippen LogP contribution < -0.4 is 5.32 Å². The average molecular weight is 518 g/mol. The second kappa shape index (κ2) is 8.81. The molecule has 1 N–H and O–H groups in total. The van der Waals surface area contributed by atoms with Gasteiger partial charge in [-0.2, -0.15) is 0 Å². The van der Waals surface area contributed by atoms with E-state index in [9.17, 15) is 4.79 Å². The number of benzene rings is 4. The number of amides is 1. The van der Waals surface area contributed by atoms with Crippen LogP contribution in [0, 0.1) is 6.92 Å². The van der Waals surface area contributed by atoms with Gasteiger partial charge in [-0.1, -0.05) is 76.1 Å². The van der Waals surface area contributed by atoms with Crippen molar-refractivity contribution in [2.45, 2.75) is 6.92 Å². The van der Waals surface area contributed by atoms with E-state index in [2.05, 4.69) is 31.3 Å². The van der Waals surface area contributed by atoms with E-state index in [4.69, 9.17) is 11.6 Å². The average Bonchev–Trinajstić information content (AvgIpc) is 3.27. The van der Waals surface area contributed by atoms with Crippen LogP contribution in [0.5, 0.6) is 0 Å². The summed E-state index contributed by atoms with van der Waals surface area (Å²) in [7, 11) is 0. The van der Waals surface area contributed by atoms with Gasteiger partial charge in [-0.15, -0.1) is 5.10 Å². The van der Waals surface area contributed by atoms with E-state index in [-0.39, 0.29) is 11.7 Å². The van der Waals surface area contributed by atoms with E-state index >= 15 is 0 Å². The van der Waals surface area contributed by atoms with Crippen LogP contribution in [-0.4, -0.2) is 20.7 Å². The van der Waals surface area contributed by atoms with Crippen molar-refractivity contribution in [1.82, 2.24) is 14.8 Å². The number of anilines is 1. The third-order valence-electron chi connectivity index (χ3n) is 5.32. The molecule has 5 nitrogen and oxygen atoms in total. The predicted molar refractivity (Wildman–Crippen MR) is 136 cm³/mol. The Kier molecular flexibility index (Phi) is 5.70. The summed E-state index contributed by atoms with van der Waals surface area (Å²) in [4.78, 5) is 17.6. The molecular weight excluding hydrogens is 500 g/mol. The lowest BCUT2D eigenvalue weighted by Gasteiger charge is -2.08. The van der Waals surface area contributed by atoms with Crippen molar-refractivity contribution in [3.63, 3.8) is 0 Å². The SMILES string of the molecule is Cc1ccc(-n2nc(C(=O)Nc3ccc4ccccc4c3)nc2-c2ccc(Br)cc2)cc1Cl. The molecule has 0 saturated heterocycles. The molecular formula is C26H18BrClN4O. The van der Waals surface area contributed by atoms with E-state index in [1.807, 2.05) is 91.9 Å². The van der Waals surface area contributed by atoms with Gasteiger partial charge >= 0.3 is 0 Å². The number of nitrogens with one attached hydrogen (secondary N) is 1. The van der Waals surface area contributed by atoms with Crippen LogP contribution in [0.25, 0.3) is 27.8 Å². The fraction of sp³-hybridized carbons (Fsp3) is 0.0385. The third-order valence-corrected chi connectivity index (χ3v) is 6.26. The lowest BCUT2D eigenvalue weighted by Crippen LogP contribution is -2.14. The Morgan fingerprint density at radius 1 is 0.939 bits per heavy atom. The quantitative estimate of drug-likeness (QED) is 0.277. The zero-order valence-electron chi connectivity index (χ0n) is 17.6. The maximum atomic E-state index is 13.1. The monoisotopic (exact) mass is 516 g/mol. The van der Waals surface area contributed by atoms with Crippen molar-refractivity contribution < 1.29 is 4.79 Å². The molecule has 0 atom stereocenters. The molecule has 1 heterocycles. The minimum atomic E-state index is -0.388. The molecule has 0 spiro atoms. The zero-order chi connectivity index (χ0) is 22.9. The van der Waals surface area contributed by atoms with Gasteiger partial charge in [0.15, 0.2) is 5.82 Å². The van der Waals surface area contributed by atoms with E-state index < -0.39 is 0 Å². The summed E-state index contributed by atoms with van der Waals surface area (Å²) in [6, 6.07) is 27.1. The molecule has 33 heavy (non-hydrogen) atoms. The Bertz CT molecular complexity index is 1490. The minimum absolute atomic E-state index is 0.0674. The Labute approximate surface area is 204 Å². The smallest absolute Gasteiger partial charge is 0.295 e. The van der Waals surface area contributed by atoms with Crippen LogP contribution in [0.3, 0.4) is 0 Å². The first-order valence-corrected chi connectivity index (χ1v) is 11.4. The number of aromatic nitrogens is 3. The molecule has 0 aliphatic rings. The van der Waals surface area contributed by atoms with Gasteiger partial charge in [0.05, 0.1) is 5.69 Å². The lowest BCUT2D eigenvalue weighted by molar-refractivity contribution is 0.101. The zero-order valence-corrected chi connectivity index (χ0v) is 19.9. The van der Waals surface area contributed by atoms with Gasteiger partial charge < -0.3 is 5.32 Å². The molecule has 7 heteroatoms. The molecule has 5 rings (SSSR count). The van der Waals surface area contributed by atoms with Gasteiger partial charge in [0.2, 0.25) is 5.82 Å². The number of halogens is 2. The van der Waals surface area contributed by atoms with Gasteiger partial charge in [-0.3, -0.25) is 4.79 Å². The maximum Gasteiger partial charge on any atom is 0.295 e. The first kappa shape index (κ1) is 21.4. The number of fused-ring (bicyclic) bond motifs is 1. The van der Waals surface area contributed by atoms with Crippen LogP contribution in [0.2, 0.25) is 5.02 Å². The van der Waals surface area contributed by atoms with Gasteiger partial charge in [0, 0.05) is 20.7 Å². The molecule has 4 aromatic carbocycles. The summed E-state index contributed by atoms with van der Waals surface area (Å²) in [5.41, 5.74) is 3.19. The summed E-state index contributed by atoms with van der Waals surface area (Å²) in [6.07, 6.45) is 0. The molecule has 0 radical (unpaired) electrons. The molecule has 0 bridgehead atoms. The van der Waals surface area contributed by atoms with Crippen molar-refractivity contribution in [3.8, 4) is 17.1 Å². The van der Waals surface area contributed by atoms with Crippen molar-refractivity contribution in [2.75, 3.05) is 5.32 Å². The highest BCUT2D eigenvalue weighted by Gasteiger charge is 2.19. The second-order valence-corrected chi connectivity index (χ2v) is 8.95. The van der Waals surface area contributed by atoms with E-state index in [1.54, 1.807) is 4.68 Å². The van der Waals surface area contributed by atoms with Crippen molar-refractivity contribution >= 4 is 49.9 Å². The normalized spacial score (nSPS) is 11.0. The number of aryl methyl sites for hydroxylation is 1. The first-order chi connectivity index (χ1) is 16.0. The topological polar surface area (TPSA) is 59.8 Å². The van der Waals surface area contributed by atoms with Crippen LogP contribution in [-0.2, 0) is 0 Å². The summed E-state index contributed by atoms with van der Waals surface area (Å²) in [5, 5.41) is 10.2. The van der Waals surface area contributed by atoms with E-state index in [0.717, 1.165) is 32.1 Å². The standard InChI is InChI=1S/C26H18BrClN4O/c1-16-6-13-22(15-23(16)28)32-25(18-7-10-20(27)11-8-18)30-24(31-32)26(33)29-21-12-9-17-4-2-3-5-19(17)14-21/h2-15H,1H3,(H,29,33). The van der Waals surface area contributed by atoms with Crippen molar-refractivity contribution in [2.24, 2.45) is 0 Å². The molecule has 5 aromatic rings. The molecule has 0 fully saturated rings. The summed E-state index contributed by atoms with van der Waals surface area (Å²) in [6.45, 7) is 1.94. The number of carbonyl (C=O) groups is 1.